The summed E-state index contributed by atoms with van der Waals surface area (Å²) in [5, 5.41) is 11.3. The SMILES string of the molecule is CC(CNCC(=O)O)N1CCCC1. The van der Waals surface area contributed by atoms with Gasteiger partial charge in [-0.25, -0.2) is 0 Å². The number of hydrogen-bond donors (Lipinski definition) is 2. The van der Waals surface area contributed by atoms with Crippen molar-refractivity contribution < 1.29 is 9.90 Å². The molecular weight excluding hydrogens is 168 g/mol. The molecule has 0 bridgehead atoms. The van der Waals surface area contributed by atoms with Crippen LogP contribution in [0, 0.1) is 0 Å². The van der Waals surface area contributed by atoms with Crippen molar-refractivity contribution in [2.45, 2.75) is 25.8 Å². The normalized spacial score (nSPS) is 20.4. The second kappa shape index (κ2) is 5.19. The standard InChI is InChI=1S/C9H18N2O2/c1-8(6-10-7-9(12)13)11-4-2-3-5-11/h8,10H,2-7H2,1H3,(H,12,13). The van der Waals surface area contributed by atoms with Crippen molar-refractivity contribution in [1.29, 1.82) is 0 Å². The first-order chi connectivity index (χ1) is 6.20. The minimum Gasteiger partial charge on any atom is -0.480 e. The van der Waals surface area contributed by atoms with Gasteiger partial charge in [0, 0.05) is 12.6 Å². The summed E-state index contributed by atoms with van der Waals surface area (Å²) in [6.45, 7) is 5.30. The number of carbonyl (C=O) groups is 1. The summed E-state index contributed by atoms with van der Waals surface area (Å²) in [4.78, 5) is 12.6. The van der Waals surface area contributed by atoms with Crippen LogP contribution in [0.5, 0.6) is 0 Å². The third kappa shape index (κ3) is 3.74. The van der Waals surface area contributed by atoms with Gasteiger partial charge in [-0.3, -0.25) is 9.69 Å². The molecule has 4 heteroatoms. The lowest BCUT2D eigenvalue weighted by molar-refractivity contribution is -0.136. The molecule has 0 aromatic heterocycles. The zero-order valence-corrected chi connectivity index (χ0v) is 8.12. The highest BCUT2D eigenvalue weighted by atomic mass is 16.4. The Bertz CT molecular complexity index is 167. The number of aliphatic carboxylic acids is 1. The number of likely N-dealkylation sites (tertiary alicyclic amines) is 1. The van der Waals surface area contributed by atoms with E-state index in [1.807, 2.05) is 0 Å². The Labute approximate surface area is 78.9 Å². The van der Waals surface area contributed by atoms with Crippen LogP contribution < -0.4 is 5.32 Å². The predicted octanol–water partition coefficient (Wildman–Crippen LogP) is 0.145. The fourth-order valence-electron chi connectivity index (χ4n) is 1.70. The smallest absolute Gasteiger partial charge is 0.317 e. The molecular formula is C9H18N2O2. The zero-order valence-electron chi connectivity index (χ0n) is 8.12. The summed E-state index contributed by atoms with van der Waals surface area (Å²) >= 11 is 0. The Kier molecular flexibility index (Phi) is 4.18. The summed E-state index contributed by atoms with van der Waals surface area (Å²) < 4.78 is 0. The molecule has 4 nitrogen and oxygen atoms in total. The van der Waals surface area contributed by atoms with E-state index in [0.717, 1.165) is 19.6 Å². The Morgan fingerprint density at radius 1 is 1.54 bits per heavy atom. The van der Waals surface area contributed by atoms with Crippen molar-refractivity contribution in [1.82, 2.24) is 10.2 Å². The molecule has 1 saturated heterocycles. The summed E-state index contributed by atoms with van der Waals surface area (Å²) in [6.07, 6.45) is 2.56. The summed E-state index contributed by atoms with van der Waals surface area (Å²) in [5.41, 5.74) is 0. The van der Waals surface area contributed by atoms with E-state index < -0.39 is 5.97 Å². The molecule has 1 heterocycles. The van der Waals surface area contributed by atoms with Crippen molar-refractivity contribution in [3.8, 4) is 0 Å². The first kappa shape index (κ1) is 10.5. The van der Waals surface area contributed by atoms with Crippen LogP contribution >= 0.6 is 0 Å². The third-order valence-electron chi connectivity index (χ3n) is 2.48. The van der Waals surface area contributed by atoms with E-state index in [9.17, 15) is 4.79 Å². The van der Waals surface area contributed by atoms with E-state index in [1.165, 1.54) is 12.8 Å². The van der Waals surface area contributed by atoms with Crippen LogP contribution in [-0.4, -0.2) is 48.2 Å². The Hall–Kier alpha value is -0.610. The molecule has 0 amide bonds. The lowest BCUT2D eigenvalue weighted by Crippen LogP contribution is -2.40. The van der Waals surface area contributed by atoms with Gasteiger partial charge in [-0.1, -0.05) is 0 Å². The third-order valence-corrected chi connectivity index (χ3v) is 2.48. The van der Waals surface area contributed by atoms with Crippen LogP contribution in [0.15, 0.2) is 0 Å². The number of carboxylic acid groups (broad SMARTS) is 1. The molecule has 76 valence electrons. The first-order valence-corrected chi connectivity index (χ1v) is 4.86. The van der Waals surface area contributed by atoms with E-state index in [-0.39, 0.29) is 6.54 Å². The maximum Gasteiger partial charge on any atom is 0.317 e. The van der Waals surface area contributed by atoms with E-state index in [4.69, 9.17) is 5.11 Å². The van der Waals surface area contributed by atoms with Crippen molar-refractivity contribution in [3.63, 3.8) is 0 Å². The van der Waals surface area contributed by atoms with Gasteiger partial charge in [-0.05, 0) is 32.9 Å². The quantitative estimate of drug-likeness (QED) is 0.641. The molecule has 1 atom stereocenters. The van der Waals surface area contributed by atoms with Gasteiger partial charge in [-0.2, -0.15) is 0 Å². The van der Waals surface area contributed by atoms with E-state index in [1.54, 1.807) is 0 Å². The molecule has 1 unspecified atom stereocenters. The molecule has 0 spiro atoms. The van der Waals surface area contributed by atoms with Crippen molar-refractivity contribution in [2.24, 2.45) is 0 Å². The first-order valence-electron chi connectivity index (χ1n) is 4.86. The lowest BCUT2D eigenvalue weighted by Gasteiger charge is -2.23. The fourth-order valence-corrected chi connectivity index (χ4v) is 1.70. The molecule has 0 aromatic rings. The molecule has 2 N–H and O–H groups in total. The number of nitrogens with one attached hydrogen (secondary N) is 1. The largest absolute Gasteiger partial charge is 0.480 e. The zero-order chi connectivity index (χ0) is 9.68. The summed E-state index contributed by atoms with van der Waals surface area (Å²) in [7, 11) is 0. The summed E-state index contributed by atoms with van der Waals surface area (Å²) in [5.74, 6) is -0.784. The van der Waals surface area contributed by atoms with Gasteiger partial charge in [0.05, 0.1) is 6.54 Å². The van der Waals surface area contributed by atoms with Crippen molar-refractivity contribution in [3.05, 3.63) is 0 Å². The van der Waals surface area contributed by atoms with Gasteiger partial charge in [0.2, 0.25) is 0 Å². The van der Waals surface area contributed by atoms with Crippen LogP contribution in [0.4, 0.5) is 0 Å². The average Bonchev–Trinajstić information content (AvgIpc) is 2.55. The molecule has 0 aromatic carbocycles. The second-order valence-electron chi connectivity index (χ2n) is 3.62. The number of hydrogen-bond acceptors (Lipinski definition) is 3. The Morgan fingerprint density at radius 2 is 2.15 bits per heavy atom. The molecule has 0 radical (unpaired) electrons. The highest BCUT2D eigenvalue weighted by Crippen LogP contribution is 2.10. The van der Waals surface area contributed by atoms with Gasteiger partial charge in [0.1, 0.15) is 0 Å². The van der Waals surface area contributed by atoms with Gasteiger partial charge in [0.15, 0.2) is 0 Å². The van der Waals surface area contributed by atoms with Crippen LogP contribution in [0.1, 0.15) is 19.8 Å². The number of rotatable bonds is 5. The maximum atomic E-state index is 10.2. The predicted molar refractivity (Wildman–Crippen MR) is 50.8 cm³/mol. The second-order valence-corrected chi connectivity index (χ2v) is 3.62. The molecule has 1 fully saturated rings. The maximum absolute atomic E-state index is 10.2. The fraction of sp³-hybridized carbons (Fsp3) is 0.889. The van der Waals surface area contributed by atoms with Crippen molar-refractivity contribution in [2.75, 3.05) is 26.2 Å². The van der Waals surface area contributed by atoms with E-state index >= 15 is 0 Å². The van der Waals surface area contributed by atoms with Gasteiger partial charge in [0.25, 0.3) is 0 Å². The van der Waals surface area contributed by atoms with E-state index in [2.05, 4.69) is 17.1 Å². The van der Waals surface area contributed by atoms with Crippen LogP contribution in [0.3, 0.4) is 0 Å². The van der Waals surface area contributed by atoms with Crippen LogP contribution in [-0.2, 0) is 4.79 Å². The molecule has 1 rings (SSSR count). The van der Waals surface area contributed by atoms with Crippen LogP contribution in [0.2, 0.25) is 0 Å². The average molecular weight is 186 g/mol. The molecule has 0 aliphatic carbocycles. The number of nitrogens with zero attached hydrogens (tertiary/aromatic N) is 1. The molecule has 0 saturated carbocycles. The summed E-state index contributed by atoms with van der Waals surface area (Å²) in [6, 6.07) is 0.460. The minimum absolute atomic E-state index is 0.0676. The number of carboxylic acids is 1. The van der Waals surface area contributed by atoms with Crippen LogP contribution in [0.25, 0.3) is 0 Å². The monoisotopic (exact) mass is 186 g/mol. The Balaban J connectivity index is 2.09. The molecule has 1 aliphatic rings. The Morgan fingerprint density at radius 3 is 2.69 bits per heavy atom. The van der Waals surface area contributed by atoms with E-state index in [0.29, 0.717) is 6.04 Å². The van der Waals surface area contributed by atoms with Gasteiger partial charge in [-0.15, -0.1) is 0 Å². The molecule has 1 aliphatic heterocycles. The highest BCUT2D eigenvalue weighted by molar-refractivity contribution is 5.68. The minimum atomic E-state index is -0.784. The van der Waals surface area contributed by atoms with Gasteiger partial charge < -0.3 is 10.4 Å². The van der Waals surface area contributed by atoms with Crippen molar-refractivity contribution >= 4 is 5.97 Å². The lowest BCUT2D eigenvalue weighted by atomic mass is 10.3. The topological polar surface area (TPSA) is 52.6 Å². The van der Waals surface area contributed by atoms with Gasteiger partial charge >= 0.3 is 5.97 Å². The highest BCUT2D eigenvalue weighted by Gasteiger charge is 2.17. The molecule has 13 heavy (non-hydrogen) atoms.